The average Bonchev–Trinajstić information content (AvgIpc) is 2.77. The maximum atomic E-state index is 13.4. The van der Waals surface area contributed by atoms with E-state index < -0.39 is 5.82 Å². The molecule has 0 unspecified atom stereocenters. The van der Waals surface area contributed by atoms with Crippen LogP contribution >= 0.6 is 0 Å². The van der Waals surface area contributed by atoms with E-state index in [0.717, 1.165) is 0 Å². The lowest BCUT2D eigenvalue weighted by Crippen LogP contribution is -1.84. The number of terminal acetylenes is 1. The Morgan fingerprint density at radius 3 is 2.69 bits per heavy atom. The Hall–Kier alpha value is -2.34. The average molecular weight is 214 g/mol. The Morgan fingerprint density at radius 1 is 1.31 bits per heavy atom. The molecule has 0 amide bonds. The highest BCUT2D eigenvalue weighted by atomic mass is 19.1. The van der Waals surface area contributed by atoms with Gasteiger partial charge in [0.1, 0.15) is 11.6 Å². The summed E-state index contributed by atoms with van der Waals surface area (Å²) in [6.07, 6.45) is 5.70. The zero-order valence-electron chi connectivity index (χ0n) is 8.24. The fraction of sp³-hybridized carbons (Fsp3) is 0. The summed E-state index contributed by atoms with van der Waals surface area (Å²) in [4.78, 5) is 10.4. The summed E-state index contributed by atoms with van der Waals surface area (Å²) in [7, 11) is 0. The molecule has 0 aliphatic carbocycles. The quantitative estimate of drug-likeness (QED) is 0.568. The van der Waals surface area contributed by atoms with Crippen LogP contribution in [-0.4, -0.2) is 6.29 Å². The van der Waals surface area contributed by atoms with Crippen LogP contribution in [0.4, 0.5) is 4.39 Å². The molecule has 2 rings (SSSR count). The molecule has 1 aromatic carbocycles. The number of hydrogen-bond donors (Lipinski definition) is 0. The van der Waals surface area contributed by atoms with E-state index in [2.05, 4.69) is 5.92 Å². The van der Waals surface area contributed by atoms with Crippen LogP contribution in [0.5, 0.6) is 0 Å². The molecule has 0 bridgehead atoms. The van der Waals surface area contributed by atoms with Crippen LogP contribution in [0.2, 0.25) is 0 Å². The maximum absolute atomic E-state index is 13.4. The molecule has 0 N–H and O–H groups in total. The van der Waals surface area contributed by atoms with Crippen LogP contribution in [0.25, 0.3) is 11.3 Å². The lowest BCUT2D eigenvalue weighted by molar-refractivity contribution is 0.110. The largest absolute Gasteiger partial charge is 0.453 e. The van der Waals surface area contributed by atoms with Crippen LogP contribution in [0.1, 0.15) is 16.1 Å². The summed E-state index contributed by atoms with van der Waals surface area (Å²) in [5, 5.41) is 0. The van der Waals surface area contributed by atoms with E-state index >= 15 is 0 Å². The third kappa shape index (κ3) is 1.73. The molecule has 0 saturated carbocycles. The summed E-state index contributed by atoms with van der Waals surface area (Å²) in [6, 6.07) is 7.55. The van der Waals surface area contributed by atoms with Gasteiger partial charge in [0, 0.05) is 5.56 Å². The van der Waals surface area contributed by atoms with Crippen LogP contribution in [0.15, 0.2) is 34.7 Å². The third-order valence-corrected chi connectivity index (χ3v) is 2.15. The minimum absolute atomic E-state index is 0.200. The monoisotopic (exact) mass is 214 g/mol. The fourth-order valence-corrected chi connectivity index (χ4v) is 1.36. The molecule has 0 radical (unpaired) electrons. The minimum Gasteiger partial charge on any atom is -0.453 e. The van der Waals surface area contributed by atoms with Crippen molar-refractivity contribution in [3.8, 4) is 23.7 Å². The van der Waals surface area contributed by atoms with Crippen molar-refractivity contribution < 1.29 is 13.6 Å². The first-order valence-corrected chi connectivity index (χ1v) is 4.56. The SMILES string of the molecule is C#Cc1ccc(-c2ccc(C=O)o2)cc1F. The molecule has 1 heterocycles. The van der Waals surface area contributed by atoms with Crippen LogP contribution < -0.4 is 0 Å². The number of aldehydes is 1. The Bertz CT molecular complexity index is 576. The Labute approximate surface area is 91.7 Å². The van der Waals surface area contributed by atoms with Gasteiger partial charge in [-0.2, -0.15) is 0 Å². The summed E-state index contributed by atoms with van der Waals surface area (Å²) < 4.78 is 18.5. The molecule has 0 aliphatic heterocycles. The Balaban J connectivity index is 2.45. The van der Waals surface area contributed by atoms with Gasteiger partial charge >= 0.3 is 0 Å². The smallest absolute Gasteiger partial charge is 0.185 e. The van der Waals surface area contributed by atoms with E-state index in [0.29, 0.717) is 17.6 Å². The standard InChI is InChI=1S/C13H7FO2/c1-2-9-3-4-10(7-12(9)14)13-6-5-11(8-15)16-13/h1,3-8H. The van der Waals surface area contributed by atoms with Crippen molar-refractivity contribution in [2.75, 3.05) is 0 Å². The van der Waals surface area contributed by atoms with Crippen molar-refractivity contribution in [2.24, 2.45) is 0 Å². The number of benzene rings is 1. The highest BCUT2D eigenvalue weighted by molar-refractivity contribution is 5.72. The molecule has 0 fully saturated rings. The summed E-state index contributed by atoms with van der Waals surface area (Å²) in [5.41, 5.74) is 0.746. The van der Waals surface area contributed by atoms with Gasteiger partial charge in [-0.3, -0.25) is 4.79 Å². The van der Waals surface area contributed by atoms with E-state index in [1.807, 2.05) is 0 Å². The molecule has 16 heavy (non-hydrogen) atoms. The van der Waals surface area contributed by atoms with Crippen LogP contribution in [-0.2, 0) is 0 Å². The number of rotatable bonds is 2. The number of carbonyl (C=O) groups excluding carboxylic acids is 1. The van der Waals surface area contributed by atoms with Gasteiger partial charge in [0.2, 0.25) is 0 Å². The molecule has 3 heteroatoms. The molecule has 0 aliphatic rings. The van der Waals surface area contributed by atoms with Gasteiger partial charge in [-0.15, -0.1) is 6.42 Å². The first-order chi connectivity index (χ1) is 7.74. The van der Waals surface area contributed by atoms with E-state index in [1.165, 1.54) is 18.2 Å². The van der Waals surface area contributed by atoms with Gasteiger partial charge < -0.3 is 4.42 Å². The zero-order chi connectivity index (χ0) is 11.5. The number of furan rings is 1. The molecule has 2 aromatic rings. The van der Waals surface area contributed by atoms with E-state index in [-0.39, 0.29) is 11.3 Å². The van der Waals surface area contributed by atoms with Gasteiger partial charge in [-0.25, -0.2) is 4.39 Å². The highest BCUT2D eigenvalue weighted by Crippen LogP contribution is 2.23. The van der Waals surface area contributed by atoms with Crippen molar-refractivity contribution in [1.29, 1.82) is 0 Å². The highest BCUT2D eigenvalue weighted by Gasteiger charge is 2.07. The molecular weight excluding hydrogens is 207 g/mol. The molecule has 0 atom stereocenters. The fourth-order valence-electron chi connectivity index (χ4n) is 1.36. The normalized spacial score (nSPS) is 9.75. The van der Waals surface area contributed by atoms with Crippen molar-refractivity contribution in [3.63, 3.8) is 0 Å². The molecular formula is C13H7FO2. The van der Waals surface area contributed by atoms with Crippen LogP contribution in [0.3, 0.4) is 0 Å². The lowest BCUT2D eigenvalue weighted by atomic mass is 10.1. The van der Waals surface area contributed by atoms with Crippen molar-refractivity contribution in [3.05, 3.63) is 47.5 Å². The van der Waals surface area contributed by atoms with E-state index in [1.54, 1.807) is 12.1 Å². The predicted molar refractivity (Wildman–Crippen MR) is 57.4 cm³/mol. The van der Waals surface area contributed by atoms with Crippen molar-refractivity contribution in [2.45, 2.75) is 0 Å². The first kappa shape index (κ1) is 10.2. The van der Waals surface area contributed by atoms with Gasteiger partial charge in [-0.05, 0) is 30.3 Å². The number of halogens is 1. The Kier molecular flexibility index (Phi) is 2.57. The Morgan fingerprint density at radius 2 is 2.12 bits per heavy atom. The zero-order valence-corrected chi connectivity index (χ0v) is 8.24. The topological polar surface area (TPSA) is 30.2 Å². The molecule has 0 saturated heterocycles. The van der Waals surface area contributed by atoms with Gasteiger partial charge in [0.25, 0.3) is 0 Å². The second-order valence-corrected chi connectivity index (χ2v) is 3.16. The minimum atomic E-state index is -0.482. The number of carbonyl (C=O) groups is 1. The molecule has 1 aromatic heterocycles. The molecule has 78 valence electrons. The lowest BCUT2D eigenvalue weighted by Gasteiger charge is -1.99. The van der Waals surface area contributed by atoms with Crippen molar-refractivity contribution in [1.82, 2.24) is 0 Å². The first-order valence-electron chi connectivity index (χ1n) is 4.56. The maximum Gasteiger partial charge on any atom is 0.185 e. The third-order valence-electron chi connectivity index (χ3n) is 2.15. The summed E-state index contributed by atoms with van der Waals surface area (Å²) in [5.74, 6) is 2.39. The molecule has 2 nitrogen and oxygen atoms in total. The van der Waals surface area contributed by atoms with Gasteiger partial charge in [0.05, 0.1) is 5.56 Å². The van der Waals surface area contributed by atoms with E-state index in [4.69, 9.17) is 10.8 Å². The second-order valence-electron chi connectivity index (χ2n) is 3.16. The summed E-state index contributed by atoms with van der Waals surface area (Å²) in [6.45, 7) is 0. The predicted octanol–water partition coefficient (Wildman–Crippen LogP) is 2.88. The van der Waals surface area contributed by atoms with Gasteiger partial charge in [0.15, 0.2) is 12.0 Å². The summed E-state index contributed by atoms with van der Waals surface area (Å²) >= 11 is 0. The van der Waals surface area contributed by atoms with Crippen LogP contribution in [0, 0.1) is 18.2 Å². The van der Waals surface area contributed by atoms with Gasteiger partial charge in [-0.1, -0.05) is 5.92 Å². The van der Waals surface area contributed by atoms with Crippen molar-refractivity contribution >= 4 is 6.29 Å². The molecule has 0 spiro atoms. The second kappa shape index (κ2) is 4.03. The van der Waals surface area contributed by atoms with E-state index in [9.17, 15) is 9.18 Å². The number of hydrogen-bond acceptors (Lipinski definition) is 2.